The molecular formula is C7H11IN2O2. The predicted octanol–water partition coefficient (Wildman–Crippen LogP) is 0.609. The molecule has 0 aromatic heterocycles. The van der Waals surface area contributed by atoms with Gasteiger partial charge in [0, 0.05) is 42.2 Å². The highest BCUT2D eigenvalue weighted by Gasteiger charge is 2.20. The maximum Gasteiger partial charge on any atom is 0.280 e. The molecule has 1 fully saturated rings. The van der Waals surface area contributed by atoms with Gasteiger partial charge < -0.3 is 10.2 Å². The van der Waals surface area contributed by atoms with Gasteiger partial charge in [0.2, 0.25) is 6.41 Å². The average Bonchev–Trinajstić information content (AvgIpc) is 2.48. The number of rotatable bonds is 3. The minimum absolute atomic E-state index is 0.0304. The van der Waals surface area contributed by atoms with Crippen molar-refractivity contribution in [3.8, 4) is 0 Å². The van der Waals surface area contributed by atoms with E-state index in [0.717, 1.165) is 25.9 Å². The molecule has 0 spiro atoms. The van der Waals surface area contributed by atoms with E-state index in [9.17, 15) is 9.59 Å². The summed E-state index contributed by atoms with van der Waals surface area (Å²) in [5.41, 5.74) is 0. The standard InChI is InChI=1S/C7H11IN2O2/c8-7(12)9-3-6-1-2-10(4-6)5-11/h5-6H,1-4H2,(H,9,12). The van der Waals surface area contributed by atoms with E-state index in [4.69, 9.17) is 0 Å². The molecule has 1 heterocycles. The molecule has 12 heavy (non-hydrogen) atoms. The van der Waals surface area contributed by atoms with Crippen LogP contribution in [0.5, 0.6) is 0 Å². The molecule has 1 atom stereocenters. The first-order valence-electron chi connectivity index (χ1n) is 3.85. The number of carbonyl (C=O) groups excluding carboxylic acids is 2. The van der Waals surface area contributed by atoms with Gasteiger partial charge in [0.15, 0.2) is 0 Å². The van der Waals surface area contributed by atoms with E-state index in [1.807, 2.05) is 0 Å². The highest BCUT2D eigenvalue weighted by atomic mass is 127. The zero-order chi connectivity index (χ0) is 8.97. The smallest absolute Gasteiger partial charge is 0.280 e. The van der Waals surface area contributed by atoms with Gasteiger partial charge in [-0.15, -0.1) is 0 Å². The lowest BCUT2D eigenvalue weighted by atomic mass is 10.1. The van der Waals surface area contributed by atoms with Crippen LogP contribution in [-0.4, -0.2) is 34.9 Å². The van der Waals surface area contributed by atoms with Crippen LogP contribution < -0.4 is 5.32 Å². The van der Waals surface area contributed by atoms with Crippen LogP contribution in [0.3, 0.4) is 0 Å². The summed E-state index contributed by atoms with van der Waals surface area (Å²) >= 11 is 1.71. The summed E-state index contributed by atoms with van der Waals surface area (Å²) < 4.78 is -0.0304. The molecule has 1 rings (SSSR count). The van der Waals surface area contributed by atoms with Crippen molar-refractivity contribution in [2.45, 2.75) is 6.42 Å². The molecule has 1 aliphatic heterocycles. The monoisotopic (exact) mass is 282 g/mol. The van der Waals surface area contributed by atoms with Crippen LogP contribution in [0.4, 0.5) is 4.79 Å². The minimum atomic E-state index is -0.0304. The van der Waals surface area contributed by atoms with Crippen molar-refractivity contribution in [2.24, 2.45) is 5.92 Å². The number of nitrogens with zero attached hydrogens (tertiary/aromatic N) is 1. The summed E-state index contributed by atoms with van der Waals surface area (Å²) in [5.74, 6) is 0.439. The molecule has 1 unspecified atom stereocenters. The van der Waals surface area contributed by atoms with Crippen LogP contribution in [0.1, 0.15) is 6.42 Å². The molecule has 5 heteroatoms. The summed E-state index contributed by atoms with van der Waals surface area (Å²) in [6.45, 7) is 2.29. The van der Waals surface area contributed by atoms with Gasteiger partial charge in [0.1, 0.15) is 0 Å². The average molecular weight is 282 g/mol. The third-order valence-corrected chi connectivity index (χ3v) is 2.38. The van der Waals surface area contributed by atoms with Crippen molar-refractivity contribution in [3.05, 3.63) is 0 Å². The molecule has 0 aliphatic carbocycles. The second-order valence-corrected chi connectivity index (χ2v) is 3.89. The molecule has 2 amide bonds. The molecular weight excluding hydrogens is 271 g/mol. The Morgan fingerprint density at radius 1 is 1.75 bits per heavy atom. The lowest BCUT2D eigenvalue weighted by molar-refractivity contribution is -0.117. The lowest BCUT2D eigenvalue weighted by Gasteiger charge is -2.09. The van der Waals surface area contributed by atoms with Crippen molar-refractivity contribution in [3.63, 3.8) is 0 Å². The van der Waals surface area contributed by atoms with Crippen LogP contribution in [-0.2, 0) is 4.79 Å². The minimum Gasteiger partial charge on any atom is -0.347 e. The van der Waals surface area contributed by atoms with Crippen molar-refractivity contribution >= 4 is 32.9 Å². The molecule has 1 aliphatic rings. The van der Waals surface area contributed by atoms with Crippen molar-refractivity contribution < 1.29 is 9.59 Å². The zero-order valence-electron chi connectivity index (χ0n) is 6.62. The van der Waals surface area contributed by atoms with E-state index < -0.39 is 0 Å². The van der Waals surface area contributed by atoms with Crippen molar-refractivity contribution in [1.29, 1.82) is 0 Å². The van der Waals surface area contributed by atoms with E-state index >= 15 is 0 Å². The molecule has 1 N–H and O–H groups in total. The fourth-order valence-electron chi connectivity index (χ4n) is 1.35. The lowest BCUT2D eigenvalue weighted by Crippen LogP contribution is -2.27. The SMILES string of the molecule is O=CN1CCC(CNC(=O)I)C1. The Hall–Kier alpha value is -0.330. The first-order chi connectivity index (χ1) is 5.72. The fourth-order valence-corrected chi connectivity index (χ4v) is 1.57. The maximum absolute atomic E-state index is 10.5. The first-order valence-corrected chi connectivity index (χ1v) is 4.93. The van der Waals surface area contributed by atoms with Crippen LogP contribution in [0.15, 0.2) is 0 Å². The predicted molar refractivity (Wildman–Crippen MR) is 53.2 cm³/mol. The molecule has 0 aromatic carbocycles. The topological polar surface area (TPSA) is 49.4 Å². The largest absolute Gasteiger partial charge is 0.347 e. The van der Waals surface area contributed by atoms with E-state index in [2.05, 4.69) is 5.32 Å². The van der Waals surface area contributed by atoms with Crippen LogP contribution in [0.25, 0.3) is 0 Å². The van der Waals surface area contributed by atoms with Gasteiger partial charge in [-0.2, -0.15) is 0 Å². The Morgan fingerprint density at radius 2 is 2.50 bits per heavy atom. The molecule has 0 bridgehead atoms. The number of amides is 2. The summed E-state index contributed by atoms with van der Waals surface area (Å²) in [4.78, 5) is 22.6. The Morgan fingerprint density at radius 3 is 3.00 bits per heavy atom. The van der Waals surface area contributed by atoms with Gasteiger partial charge >= 0.3 is 0 Å². The number of hydrogen-bond donors (Lipinski definition) is 1. The molecule has 0 aromatic rings. The third kappa shape index (κ3) is 2.96. The number of carbonyl (C=O) groups is 2. The molecule has 1 saturated heterocycles. The number of halogens is 1. The number of hydrogen-bond acceptors (Lipinski definition) is 2. The summed E-state index contributed by atoms with van der Waals surface area (Å²) in [6, 6.07) is 0. The zero-order valence-corrected chi connectivity index (χ0v) is 8.78. The van der Waals surface area contributed by atoms with Crippen molar-refractivity contribution in [1.82, 2.24) is 10.2 Å². The van der Waals surface area contributed by atoms with E-state index in [1.165, 1.54) is 0 Å². The summed E-state index contributed by atoms with van der Waals surface area (Å²) in [6.07, 6.45) is 1.86. The van der Waals surface area contributed by atoms with Gasteiger partial charge in [0.25, 0.3) is 3.91 Å². The molecule has 0 saturated carbocycles. The van der Waals surface area contributed by atoms with Gasteiger partial charge in [-0.1, -0.05) is 0 Å². The highest BCUT2D eigenvalue weighted by Crippen LogP contribution is 2.13. The normalized spacial score (nSPS) is 22.4. The van der Waals surface area contributed by atoms with E-state index in [-0.39, 0.29) is 3.91 Å². The van der Waals surface area contributed by atoms with Gasteiger partial charge in [-0.05, 0) is 12.3 Å². The van der Waals surface area contributed by atoms with Crippen LogP contribution >= 0.6 is 22.6 Å². The Balaban J connectivity index is 2.19. The highest BCUT2D eigenvalue weighted by molar-refractivity contribution is 14.1. The Bertz CT molecular complexity index is 186. The second kappa shape index (κ2) is 4.64. The molecule has 4 nitrogen and oxygen atoms in total. The Kier molecular flexibility index (Phi) is 3.77. The summed E-state index contributed by atoms with van der Waals surface area (Å²) in [5, 5.41) is 2.74. The number of likely N-dealkylation sites (tertiary alicyclic amines) is 1. The van der Waals surface area contributed by atoms with Crippen LogP contribution in [0, 0.1) is 5.92 Å². The molecule has 0 radical (unpaired) electrons. The van der Waals surface area contributed by atoms with Gasteiger partial charge in [-0.25, -0.2) is 0 Å². The van der Waals surface area contributed by atoms with E-state index in [0.29, 0.717) is 12.5 Å². The van der Waals surface area contributed by atoms with Gasteiger partial charge in [-0.3, -0.25) is 9.59 Å². The third-order valence-electron chi connectivity index (χ3n) is 2.00. The van der Waals surface area contributed by atoms with Gasteiger partial charge in [0.05, 0.1) is 0 Å². The fraction of sp³-hybridized carbons (Fsp3) is 0.714. The molecule has 68 valence electrons. The quantitative estimate of drug-likeness (QED) is 0.357. The van der Waals surface area contributed by atoms with E-state index in [1.54, 1.807) is 27.5 Å². The van der Waals surface area contributed by atoms with Crippen LogP contribution in [0.2, 0.25) is 0 Å². The second-order valence-electron chi connectivity index (χ2n) is 2.91. The number of nitrogens with one attached hydrogen (secondary N) is 1. The Labute approximate surface area is 84.8 Å². The summed E-state index contributed by atoms with van der Waals surface area (Å²) in [7, 11) is 0. The first kappa shape index (κ1) is 9.76. The maximum atomic E-state index is 10.5. The van der Waals surface area contributed by atoms with Crippen molar-refractivity contribution in [2.75, 3.05) is 19.6 Å².